The molecule has 0 saturated heterocycles. The molecule has 0 aliphatic heterocycles. The van der Waals surface area contributed by atoms with Crippen LogP contribution in [-0.4, -0.2) is 38.0 Å². The van der Waals surface area contributed by atoms with Crippen LogP contribution in [-0.2, 0) is 32.1 Å². The molecule has 0 radical (unpaired) electrons. The maximum atomic E-state index is 13.3. The van der Waals surface area contributed by atoms with Gasteiger partial charge in [0.15, 0.2) is 5.69 Å². The molecule has 2 amide bonds. The van der Waals surface area contributed by atoms with Crippen LogP contribution in [0, 0.1) is 0 Å². The van der Waals surface area contributed by atoms with Crippen molar-refractivity contribution in [2.24, 2.45) is 5.73 Å². The van der Waals surface area contributed by atoms with Crippen LogP contribution < -0.4 is 15.8 Å². The number of carbonyl (C=O) groups is 2. The number of hydrogen-bond acceptors (Lipinski definition) is 5. The summed E-state index contributed by atoms with van der Waals surface area (Å²) in [7, 11) is 0. The smallest absolute Gasteiger partial charge is 0.435 e. The number of rotatable bonds is 8. The molecule has 0 atom stereocenters. The lowest BCUT2D eigenvalue weighted by atomic mass is 9.95. The number of aryl methyl sites for hydroxylation is 1. The van der Waals surface area contributed by atoms with E-state index in [2.05, 4.69) is 15.5 Å². The summed E-state index contributed by atoms with van der Waals surface area (Å²) in [5.74, 6) is -0.711. The van der Waals surface area contributed by atoms with Gasteiger partial charge >= 0.3 is 6.18 Å². The normalized spacial score (nSPS) is 13.4. The standard InChI is InChI=1S/C23H25F3N6O3/c1-2-31-19(21(27)33)17(13-28-31)29-22(34)14-7-9-15(10-8-14)35-12-11-32-18-6-4-3-5-16(18)20(30-32)23(24,25)26/h7-10,13H,2-6,11-12H2,1H3,(H2,27,33)(H,29,34). The van der Waals surface area contributed by atoms with Crippen molar-refractivity contribution in [2.45, 2.75) is 51.9 Å². The molecular weight excluding hydrogens is 465 g/mol. The highest BCUT2D eigenvalue weighted by molar-refractivity contribution is 6.08. The van der Waals surface area contributed by atoms with Crippen LogP contribution in [0.2, 0.25) is 0 Å². The van der Waals surface area contributed by atoms with Gasteiger partial charge in [0.25, 0.3) is 11.8 Å². The fourth-order valence-electron chi connectivity index (χ4n) is 4.21. The number of primary amides is 1. The first kappa shape index (κ1) is 24.3. The van der Waals surface area contributed by atoms with E-state index in [0.717, 1.165) is 12.8 Å². The van der Waals surface area contributed by atoms with E-state index in [1.807, 2.05) is 0 Å². The Morgan fingerprint density at radius 1 is 1.14 bits per heavy atom. The molecule has 9 nitrogen and oxygen atoms in total. The third-order valence-corrected chi connectivity index (χ3v) is 5.83. The topological polar surface area (TPSA) is 117 Å². The molecule has 35 heavy (non-hydrogen) atoms. The number of fused-ring (bicyclic) bond motifs is 1. The highest BCUT2D eigenvalue weighted by Gasteiger charge is 2.39. The second kappa shape index (κ2) is 9.80. The Bertz CT molecular complexity index is 1230. The fraction of sp³-hybridized carbons (Fsp3) is 0.391. The van der Waals surface area contributed by atoms with E-state index in [4.69, 9.17) is 10.5 Å². The Morgan fingerprint density at radius 3 is 2.51 bits per heavy atom. The summed E-state index contributed by atoms with van der Waals surface area (Å²) < 4.78 is 48.4. The van der Waals surface area contributed by atoms with Crippen molar-refractivity contribution >= 4 is 17.5 Å². The van der Waals surface area contributed by atoms with E-state index in [-0.39, 0.29) is 24.5 Å². The minimum absolute atomic E-state index is 0.107. The predicted molar refractivity (Wildman–Crippen MR) is 120 cm³/mol. The number of ether oxygens (including phenoxy) is 1. The van der Waals surface area contributed by atoms with E-state index >= 15 is 0 Å². The SMILES string of the molecule is CCn1ncc(NC(=O)c2ccc(OCCn3nc(C(F)(F)F)c4c3CCCC4)cc2)c1C(N)=O. The maximum absolute atomic E-state index is 13.3. The van der Waals surface area contributed by atoms with Crippen molar-refractivity contribution in [3.8, 4) is 5.75 Å². The van der Waals surface area contributed by atoms with Crippen molar-refractivity contribution in [2.75, 3.05) is 11.9 Å². The summed E-state index contributed by atoms with van der Waals surface area (Å²) >= 11 is 0. The van der Waals surface area contributed by atoms with E-state index in [9.17, 15) is 22.8 Å². The summed E-state index contributed by atoms with van der Waals surface area (Å²) in [4.78, 5) is 24.3. The number of amides is 2. The van der Waals surface area contributed by atoms with Crippen molar-refractivity contribution in [1.82, 2.24) is 19.6 Å². The molecule has 0 fully saturated rings. The Morgan fingerprint density at radius 2 is 1.86 bits per heavy atom. The van der Waals surface area contributed by atoms with Crippen molar-refractivity contribution in [3.05, 3.63) is 58.7 Å². The lowest BCUT2D eigenvalue weighted by Gasteiger charge is -2.15. The molecule has 3 aromatic rings. The molecule has 1 aliphatic carbocycles. The second-order valence-electron chi connectivity index (χ2n) is 8.12. The third kappa shape index (κ3) is 5.15. The average molecular weight is 490 g/mol. The molecule has 1 aromatic carbocycles. The quantitative estimate of drug-likeness (QED) is 0.502. The first-order chi connectivity index (χ1) is 16.7. The zero-order valence-corrected chi connectivity index (χ0v) is 19.1. The van der Waals surface area contributed by atoms with Gasteiger partial charge in [-0.2, -0.15) is 23.4 Å². The molecule has 2 heterocycles. The molecule has 186 valence electrons. The number of alkyl halides is 3. The van der Waals surface area contributed by atoms with Gasteiger partial charge in [-0.05, 0) is 56.9 Å². The van der Waals surface area contributed by atoms with Crippen LogP contribution in [0.5, 0.6) is 5.75 Å². The van der Waals surface area contributed by atoms with Crippen molar-refractivity contribution < 1.29 is 27.5 Å². The molecule has 0 spiro atoms. The first-order valence-corrected chi connectivity index (χ1v) is 11.2. The average Bonchev–Trinajstić information content (AvgIpc) is 3.41. The number of halogens is 3. The Balaban J connectivity index is 1.38. The molecule has 12 heteroatoms. The Labute approximate surface area is 199 Å². The van der Waals surface area contributed by atoms with E-state index in [1.54, 1.807) is 19.1 Å². The Hall–Kier alpha value is -3.83. The minimum atomic E-state index is -4.47. The number of benzene rings is 1. The third-order valence-electron chi connectivity index (χ3n) is 5.83. The van der Waals surface area contributed by atoms with Gasteiger partial charge < -0.3 is 15.8 Å². The van der Waals surface area contributed by atoms with E-state index < -0.39 is 23.7 Å². The van der Waals surface area contributed by atoms with Gasteiger partial charge in [0.1, 0.15) is 18.1 Å². The molecule has 1 aliphatic rings. The zero-order chi connectivity index (χ0) is 25.2. The number of aromatic nitrogens is 4. The summed E-state index contributed by atoms with van der Waals surface area (Å²) in [5.41, 5.74) is 6.14. The lowest BCUT2D eigenvalue weighted by Crippen LogP contribution is -2.21. The lowest BCUT2D eigenvalue weighted by molar-refractivity contribution is -0.142. The summed E-state index contributed by atoms with van der Waals surface area (Å²) in [6, 6.07) is 6.24. The number of nitrogens with zero attached hydrogens (tertiary/aromatic N) is 4. The first-order valence-electron chi connectivity index (χ1n) is 11.2. The van der Waals surface area contributed by atoms with Gasteiger partial charge in [0.05, 0.1) is 18.4 Å². The van der Waals surface area contributed by atoms with Gasteiger partial charge in [-0.1, -0.05) is 0 Å². The van der Waals surface area contributed by atoms with Gasteiger partial charge in [-0.15, -0.1) is 0 Å². The van der Waals surface area contributed by atoms with Crippen LogP contribution >= 0.6 is 0 Å². The van der Waals surface area contributed by atoms with Crippen LogP contribution in [0.1, 0.15) is 57.6 Å². The molecule has 0 unspecified atom stereocenters. The van der Waals surface area contributed by atoms with Crippen LogP contribution in [0.4, 0.5) is 18.9 Å². The van der Waals surface area contributed by atoms with Crippen LogP contribution in [0.15, 0.2) is 30.5 Å². The monoisotopic (exact) mass is 490 g/mol. The summed E-state index contributed by atoms with van der Waals surface area (Å²) in [6.45, 7) is 2.51. The van der Waals surface area contributed by atoms with Gasteiger partial charge in [-0.3, -0.25) is 19.0 Å². The van der Waals surface area contributed by atoms with Crippen LogP contribution in [0.25, 0.3) is 0 Å². The summed E-state index contributed by atoms with van der Waals surface area (Å²) in [6.07, 6.45) is -0.607. The molecule has 4 rings (SSSR count). The van der Waals surface area contributed by atoms with Crippen molar-refractivity contribution in [3.63, 3.8) is 0 Å². The largest absolute Gasteiger partial charge is 0.492 e. The fourth-order valence-corrected chi connectivity index (χ4v) is 4.21. The molecule has 0 saturated carbocycles. The summed E-state index contributed by atoms with van der Waals surface area (Å²) in [5, 5.41) is 10.5. The number of carbonyl (C=O) groups excluding carboxylic acids is 2. The maximum Gasteiger partial charge on any atom is 0.435 e. The predicted octanol–water partition coefficient (Wildman–Crippen LogP) is 3.43. The highest BCUT2D eigenvalue weighted by atomic mass is 19.4. The minimum Gasteiger partial charge on any atom is -0.492 e. The van der Waals surface area contributed by atoms with Gasteiger partial charge in [-0.25, -0.2) is 0 Å². The Kier molecular flexibility index (Phi) is 6.81. The molecular formula is C23H25F3N6O3. The van der Waals surface area contributed by atoms with Gasteiger partial charge in [0.2, 0.25) is 0 Å². The molecule has 2 aromatic heterocycles. The van der Waals surface area contributed by atoms with Gasteiger partial charge in [0, 0.05) is 23.4 Å². The highest BCUT2D eigenvalue weighted by Crippen LogP contribution is 2.35. The zero-order valence-electron chi connectivity index (χ0n) is 19.1. The molecule has 0 bridgehead atoms. The number of hydrogen-bond donors (Lipinski definition) is 2. The van der Waals surface area contributed by atoms with Crippen molar-refractivity contribution in [1.29, 1.82) is 0 Å². The molecule has 3 N–H and O–H groups in total. The van der Waals surface area contributed by atoms with E-state index in [0.29, 0.717) is 42.0 Å². The number of anilines is 1. The van der Waals surface area contributed by atoms with E-state index in [1.165, 1.54) is 27.7 Å². The number of nitrogens with one attached hydrogen (secondary N) is 1. The second-order valence-corrected chi connectivity index (χ2v) is 8.12. The number of nitrogens with two attached hydrogens (primary N) is 1. The van der Waals surface area contributed by atoms with Crippen LogP contribution in [0.3, 0.4) is 0 Å².